The number of benzene rings is 1. The third-order valence-corrected chi connectivity index (χ3v) is 2.57. The molecule has 0 radical (unpaired) electrons. The Morgan fingerprint density at radius 3 is 2.53 bits per heavy atom. The molecule has 0 saturated heterocycles. The van der Waals surface area contributed by atoms with Crippen molar-refractivity contribution in [2.75, 3.05) is 6.54 Å². The smallest absolute Gasteiger partial charge is 0.194 e. The van der Waals surface area contributed by atoms with Gasteiger partial charge in [0.1, 0.15) is 0 Å². The Hall–Kier alpha value is -1.89. The van der Waals surface area contributed by atoms with E-state index in [1.54, 1.807) is 0 Å². The maximum Gasteiger partial charge on any atom is 0.194 e. The highest BCUT2D eigenvalue weighted by Gasteiger charge is 2.14. The van der Waals surface area contributed by atoms with Crippen LogP contribution < -0.4 is 5.32 Å². The predicted octanol–water partition coefficient (Wildman–Crippen LogP) is 2.18. The van der Waals surface area contributed by atoms with Gasteiger partial charge in [-0.05, 0) is 13.0 Å². The van der Waals surface area contributed by atoms with Gasteiger partial charge in [-0.1, -0.05) is 12.1 Å². The number of halogens is 3. The first kappa shape index (κ1) is 13.5. The number of aromatic nitrogens is 3. The van der Waals surface area contributed by atoms with Gasteiger partial charge in [-0.2, -0.15) is 0 Å². The van der Waals surface area contributed by atoms with E-state index in [4.69, 9.17) is 0 Å². The third kappa shape index (κ3) is 2.93. The van der Waals surface area contributed by atoms with Crippen molar-refractivity contribution in [3.05, 3.63) is 41.5 Å². The van der Waals surface area contributed by atoms with Crippen LogP contribution in [-0.2, 0) is 6.54 Å². The van der Waals surface area contributed by atoms with Gasteiger partial charge in [-0.3, -0.25) is 0 Å². The maximum absolute atomic E-state index is 13.2. The standard InChI is InChI=1S/C12H13F3N4/c1-2-3-16-6-9-7-17-18-19(9)8-4-10(13)12(15)11(14)5-8/h4-5,7,16H,2-3,6H2,1H3. The average molecular weight is 270 g/mol. The molecule has 0 atom stereocenters. The van der Waals surface area contributed by atoms with Crippen LogP contribution in [0.15, 0.2) is 18.3 Å². The van der Waals surface area contributed by atoms with E-state index in [1.165, 1.54) is 10.9 Å². The van der Waals surface area contributed by atoms with Crippen molar-refractivity contribution in [2.45, 2.75) is 19.9 Å². The lowest BCUT2D eigenvalue weighted by atomic mass is 10.2. The summed E-state index contributed by atoms with van der Waals surface area (Å²) in [6.07, 6.45) is 2.45. The zero-order valence-corrected chi connectivity index (χ0v) is 10.3. The van der Waals surface area contributed by atoms with Crippen molar-refractivity contribution in [2.24, 2.45) is 0 Å². The first-order chi connectivity index (χ1) is 9.13. The minimum atomic E-state index is -1.49. The number of nitrogens with one attached hydrogen (secondary N) is 1. The van der Waals surface area contributed by atoms with Gasteiger partial charge in [-0.25, -0.2) is 17.9 Å². The SMILES string of the molecule is CCCNCc1cnnn1-c1cc(F)c(F)c(F)c1. The summed E-state index contributed by atoms with van der Waals surface area (Å²) in [5.41, 5.74) is 0.737. The van der Waals surface area contributed by atoms with Crippen molar-refractivity contribution in [3.63, 3.8) is 0 Å². The molecule has 0 amide bonds. The van der Waals surface area contributed by atoms with Gasteiger partial charge in [0.05, 0.1) is 17.6 Å². The van der Waals surface area contributed by atoms with E-state index in [0.717, 1.165) is 25.1 Å². The molecule has 0 bridgehead atoms. The summed E-state index contributed by atoms with van der Waals surface area (Å²) in [7, 11) is 0. The second-order valence-corrected chi connectivity index (χ2v) is 4.04. The lowest BCUT2D eigenvalue weighted by Crippen LogP contribution is -2.17. The quantitative estimate of drug-likeness (QED) is 0.669. The minimum absolute atomic E-state index is 0.0993. The van der Waals surface area contributed by atoms with E-state index in [0.29, 0.717) is 12.2 Å². The number of hydrogen-bond acceptors (Lipinski definition) is 3. The highest BCUT2D eigenvalue weighted by Crippen LogP contribution is 2.17. The predicted molar refractivity (Wildman–Crippen MR) is 63.2 cm³/mol. The molecule has 0 aliphatic carbocycles. The zero-order chi connectivity index (χ0) is 13.8. The average Bonchev–Trinajstić information content (AvgIpc) is 2.84. The van der Waals surface area contributed by atoms with Crippen LogP contribution in [0.25, 0.3) is 5.69 Å². The fraction of sp³-hybridized carbons (Fsp3) is 0.333. The van der Waals surface area contributed by atoms with Gasteiger partial charge >= 0.3 is 0 Å². The van der Waals surface area contributed by atoms with Gasteiger partial charge in [0.2, 0.25) is 0 Å². The Labute approximate surface area is 108 Å². The minimum Gasteiger partial charge on any atom is -0.311 e. The third-order valence-electron chi connectivity index (χ3n) is 2.57. The van der Waals surface area contributed by atoms with E-state index >= 15 is 0 Å². The van der Waals surface area contributed by atoms with Crippen LogP contribution >= 0.6 is 0 Å². The monoisotopic (exact) mass is 270 g/mol. The van der Waals surface area contributed by atoms with E-state index in [2.05, 4.69) is 15.6 Å². The Balaban J connectivity index is 2.29. The normalized spacial score (nSPS) is 10.9. The molecule has 102 valence electrons. The molecule has 0 saturated carbocycles. The second kappa shape index (κ2) is 5.83. The molecule has 0 spiro atoms. The van der Waals surface area contributed by atoms with Crippen molar-refractivity contribution in [1.29, 1.82) is 0 Å². The van der Waals surface area contributed by atoms with Crippen LogP contribution in [0.5, 0.6) is 0 Å². The summed E-state index contributed by atoms with van der Waals surface area (Å²) < 4.78 is 40.5. The molecule has 0 aliphatic rings. The van der Waals surface area contributed by atoms with Crippen LogP contribution in [0.3, 0.4) is 0 Å². The van der Waals surface area contributed by atoms with Crippen LogP contribution in [0.2, 0.25) is 0 Å². The second-order valence-electron chi connectivity index (χ2n) is 4.04. The first-order valence-corrected chi connectivity index (χ1v) is 5.88. The van der Waals surface area contributed by atoms with Crippen molar-refractivity contribution >= 4 is 0 Å². The van der Waals surface area contributed by atoms with E-state index < -0.39 is 17.5 Å². The summed E-state index contributed by atoms with van der Waals surface area (Å²) in [6.45, 7) is 3.28. The van der Waals surface area contributed by atoms with Gasteiger partial charge < -0.3 is 5.32 Å². The Bertz CT molecular complexity index is 545. The van der Waals surface area contributed by atoms with E-state index in [-0.39, 0.29) is 5.69 Å². The lowest BCUT2D eigenvalue weighted by molar-refractivity contribution is 0.445. The number of hydrogen-bond donors (Lipinski definition) is 1. The Morgan fingerprint density at radius 1 is 1.21 bits per heavy atom. The number of nitrogens with zero attached hydrogens (tertiary/aromatic N) is 3. The molecule has 2 rings (SSSR count). The summed E-state index contributed by atoms with van der Waals surface area (Å²) in [4.78, 5) is 0. The molecule has 0 unspecified atom stereocenters. The molecule has 1 aromatic carbocycles. The molecule has 0 fully saturated rings. The largest absolute Gasteiger partial charge is 0.311 e. The molecule has 1 heterocycles. The van der Waals surface area contributed by atoms with Crippen LogP contribution in [0.4, 0.5) is 13.2 Å². The van der Waals surface area contributed by atoms with Gasteiger partial charge in [0.15, 0.2) is 17.5 Å². The maximum atomic E-state index is 13.2. The molecule has 2 aromatic rings. The van der Waals surface area contributed by atoms with E-state index in [1.807, 2.05) is 6.92 Å². The fourth-order valence-electron chi connectivity index (χ4n) is 1.65. The zero-order valence-electron chi connectivity index (χ0n) is 10.3. The Kier molecular flexibility index (Phi) is 4.16. The summed E-state index contributed by atoms with van der Waals surface area (Å²) >= 11 is 0. The lowest BCUT2D eigenvalue weighted by Gasteiger charge is -2.07. The first-order valence-electron chi connectivity index (χ1n) is 5.88. The molecular weight excluding hydrogens is 257 g/mol. The van der Waals surface area contributed by atoms with Crippen LogP contribution in [0.1, 0.15) is 19.0 Å². The molecule has 0 aliphatic heterocycles. The fourth-order valence-corrected chi connectivity index (χ4v) is 1.65. The summed E-state index contributed by atoms with van der Waals surface area (Å²) in [5, 5.41) is 10.6. The molecule has 1 aromatic heterocycles. The molecule has 1 N–H and O–H groups in total. The van der Waals surface area contributed by atoms with Crippen molar-refractivity contribution in [1.82, 2.24) is 20.3 Å². The molecule has 4 nitrogen and oxygen atoms in total. The van der Waals surface area contributed by atoms with Crippen molar-refractivity contribution < 1.29 is 13.2 Å². The van der Waals surface area contributed by atoms with Gasteiger partial charge in [-0.15, -0.1) is 5.10 Å². The highest BCUT2D eigenvalue weighted by molar-refractivity contribution is 5.33. The van der Waals surface area contributed by atoms with Crippen LogP contribution in [-0.4, -0.2) is 21.5 Å². The molecular formula is C12H13F3N4. The molecule has 7 heteroatoms. The van der Waals surface area contributed by atoms with Crippen molar-refractivity contribution in [3.8, 4) is 5.69 Å². The topological polar surface area (TPSA) is 42.7 Å². The summed E-state index contributed by atoms with van der Waals surface area (Å²) in [6, 6.07) is 1.77. The van der Waals surface area contributed by atoms with Gasteiger partial charge in [0.25, 0.3) is 0 Å². The number of rotatable bonds is 5. The summed E-state index contributed by atoms with van der Waals surface area (Å²) in [5.74, 6) is -3.99. The van der Waals surface area contributed by atoms with Crippen LogP contribution in [0, 0.1) is 17.5 Å². The Morgan fingerprint density at radius 2 is 1.89 bits per heavy atom. The molecule has 19 heavy (non-hydrogen) atoms. The van der Waals surface area contributed by atoms with E-state index in [9.17, 15) is 13.2 Å². The van der Waals surface area contributed by atoms with Gasteiger partial charge in [0, 0.05) is 18.7 Å². The highest BCUT2D eigenvalue weighted by atomic mass is 19.2.